The maximum Gasteiger partial charge on any atom is 0.210 e. The molecule has 1 aliphatic rings. The van der Waals surface area contributed by atoms with Crippen LogP contribution in [0.25, 0.3) is 0 Å². The molecule has 0 aromatic rings. The number of nitrogens with one attached hydrogen (secondary N) is 3. The van der Waals surface area contributed by atoms with Crippen LogP contribution in [0, 0.1) is 5.41 Å². The van der Waals surface area contributed by atoms with Gasteiger partial charge in [-0.2, -0.15) is 0 Å². The van der Waals surface area contributed by atoms with Gasteiger partial charge in [0.05, 0.1) is 0 Å². The highest BCUT2D eigenvalue weighted by molar-refractivity contribution is 5.91. The Hall–Kier alpha value is -1.13. The van der Waals surface area contributed by atoms with Crippen LogP contribution in [0.2, 0.25) is 0 Å². The van der Waals surface area contributed by atoms with Gasteiger partial charge < -0.3 is 10.1 Å². The molecule has 4 heteroatoms. The van der Waals surface area contributed by atoms with Gasteiger partial charge in [0.1, 0.15) is 6.73 Å². The maximum atomic E-state index is 7.68. The third-order valence-electron chi connectivity index (χ3n) is 2.29. The zero-order valence-corrected chi connectivity index (χ0v) is 9.39. The predicted molar refractivity (Wildman–Crippen MR) is 62.1 cm³/mol. The maximum absolute atomic E-state index is 7.68. The number of hydrogen-bond acceptors (Lipinski definition) is 4. The molecule has 0 amide bonds. The van der Waals surface area contributed by atoms with Gasteiger partial charge in [0.15, 0.2) is 0 Å². The average Bonchev–Trinajstić information content (AvgIpc) is 2.27. The Morgan fingerprint density at radius 1 is 1.33 bits per heavy atom. The first kappa shape index (κ1) is 11.9. The van der Waals surface area contributed by atoms with E-state index in [-0.39, 0.29) is 5.90 Å². The van der Waals surface area contributed by atoms with E-state index in [1.54, 1.807) is 7.05 Å². The number of ether oxygens (including phenoxy) is 1. The lowest BCUT2D eigenvalue weighted by Gasteiger charge is -2.15. The number of allylic oxidation sites excluding steroid dienone is 2. The summed E-state index contributed by atoms with van der Waals surface area (Å²) in [5.41, 5.74) is 2.35. The molecule has 0 fully saturated rings. The second-order valence-electron chi connectivity index (χ2n) is 3.52. The summed E-state index contributed by atoms with van der Waals surface area (Å²) < 4.78 is 5.18. The minimum Gasteiger partial charge on any atom is -0.462 e. The lowest BCUT2D eigenvalue weighted by molar-refractivity contribution is 0.280. The molecule has 0 heterocycles. The molecular formula is C11H19N3O. The van der Waals surface area contributed by atoms with Crippen molar-refractivity contribution in [3.8, 4) is 0 Å². The summed E-state index contributed by atoms with van der Waals surface area (Å²) in [6.45, 7) is 1.32. The molecule has 84 valence electrons. The summed E-state index contributed by atoms with van der Waals surface area (Å²) in [4.78, 5) is 0. The van der Waals surface area contributed by atoms with E-state index < -0.39 is 0 Å². The number of likely N-dealkylation sites (N-methyl/N-ethyl adjacent to an activating group) is 1. The first-order valence-corrected chi connectivity index (χ1v) is 5.17. The fraction of sp³-hybridized carbons (Fsp3) is 0.545. The Balaban J connectivity index is 2.47. The Morgan fingerprint density at radius 2 is 2.13 bits per heavy atom. The third-order valence-corrected chi connectivity index (χ3v) is 2.29. The van der Waals surface area contributed by atoms with E-state index in [1.807, 2.05) is 13.1 Å². The molecule has 0 aromatic carbocycles. The van der Waals surface area contributed by atoms with Crippen molar-refractivity contribution in [3.05, 3.63) is 23.3 Å². The highest BCUT2D eigenvalue weighted by atomic mass is 16.5. The molecule has 15 heavy (non-hydrogen) atoms. The first-order valence-electron chi connectivity index (χ1n) is 5.17. The highest BCUT2D eigenvalue weighted by Crippen LogP contribution is 2.18. The van der Waals surface area contributed by atoms with Crippen molar-refractivity contribution in [2.24, 2.45) is 0 Å². The zero-order valence-electron chi connectivity index (χ0n) is 9.39. The average molecular weight is 209 g/mol. The highest BCUT2D eigenvalue weighted by Gasteiger charge is 2.10. The van der Waals surface area contributed by atoms with Crippen molar-refractivity contribution in [3.63, 3.8) is 0 Å². The molecule has 0 aliphatic heterocycles. The molecule has 1 aliphatic carbocycles. The van der Waals surface area contributed by atoms with Crippen molar-refractivity contribution < 1.29 is 4.74 Å². The standard InChI is InChI=1S/C11H19N3O/c1-13-7-9-3-5-10(6-4-9)11(12)15-8-14-2/h3,5,12-14H,4,6-8H2,1-2H3. The fourth-order valence-corrected chi connectivity index (χ4v) is 1.48. The molecule has 0 unspecified atom stereocenters. The smallest absolute Gasteiger partial charge is 0.210 e. The minimum atomic E-state index is 0.282. The van der Waals surface area contributed by atoms with Gasteiger partial charge in [0.2, 0.25) is 5.90 Å². The summed E-state index contributed by atoms with van der Waals surface area (Å²) >= 11 is 0. The van der Waals surface area contributed by atoms with E-state index in [1.165, 1.54) is 5.57 Å². The van der Waals surface area contributed by atoms with Crippen LogP contribution >= 0.6 is 0 Å². The molecule has 0 spiro atoms. The molecule has 1 rings (SSSR count). The van der Waals surface area contributed by atoms with Crippen molar-refractivity contribution >= 4 is 5.90 Å². The van der Waals surface area contributed by atoms with E-state index >= 15 is 0 Å². The van der Waals surface area contributed by atoms with E-state index in [0.29, 0.717) is 6.73 Å². The van der Waals surface area contributed by atoms with E-state index in [9.17, 15) is 0 Å². The Labute approximate surface area is 90.9 Å². The van der Waals surface area contributed by atoms with E-state index in [4.69, 9.17) is 10.1 Å². The van der Waals surface area contributed by atoms with Gasteiger partial charge in [0.25, 0.3) is 0 Å². The molecule has 4 nitrogen and oxygen atoms in total. The van der Waals surface area contributed by atoms with E-state index in [2.05, 4.69) is 16.7 Å². The Bertz CT molecular complexity index is 282. The van der Waals surface area contributed by atoms with Crippen LogP contribution in [0.4, 0.5) is 0 Å². The quantitative estimate of drug-likeness (QED) is 0.360. The van der Waals surface area contributed by atoms with Gasteiger partial charge in [-0.1, -0.05) is 17.7 Å². The summed E-state index contributed by atoms with van der Waals surface area (Å²) in [6.07, 6.45) is 5.97. The molecule has 3 N–H and O–H groups in total. The second kappa shape index (κ2) is 6.37. The molecule has 0 radical (unpaired) electrons. The van der Waals surface area contributed by atoms with Gasteiger partial charge in [0, 0.05) is 12.1 Å². The van der Waals surface area contributed by atoms with Crippen molar-refractivity contribution in [2.45, 2.75) is 12.8 Å². The molecule has 0 atom stereocenters. The van der Waals surface area contributed by atoms with Crippen LogP contribution in [0.5, 0.6) is 0 Å². The summed E-state index contributed by atoms with van der Waals surface area (Å²) in [7, 11) is 3.74. The van der Waals surface area contributed by atoms with Crippen LogP contribution in [0.1, 0.15) is 12.8 Å². The van der Waals surface area contributed by atoms with Gasteiger partial charge >= 0.3 is 0 Å². The monoisotopic (exact) mass is 209 g/mol. The molecule has 0 bridgehead atoms. The SMILES string of the molecule is CNCOC(=N)C1=CC=C(CNC)CC1. The fourth-order valence-electron chi connectivity index (χ4n) is 1.48. The summed E-state index contributed by atoms with van der Waals surface area (Å²) in [5.74, 6) is 0.282. The largest absolute Gasteiger partial charge is 0.462 e. The first-order chi connectivity index (χ1) is 7.27. The van der Waals surface area contributed by atoms with Crippen LogP contribution in [-0.2, 0) is 4.74 Å². The zero-order chi connectivity index (χ0) is 11.1. The molecule has 0 saturated heterocycles. The van der Waals surface area contributed by atoms with Crippen LogP contribution in [0.3, 0.4) is 0 Å². The van der Waals surface area contributed by atoms with Gasteiger partial charge in [-0.15, -0.1) is 0 Å². The molecule has 0 saturated carbocycles. The van der Waals surface area contributed by atoms with Crippen molar-refractivity contribution in [1.29, 1.82) is 5.41 Å². The Morgan fingerprint density at radius 3 is 2.67 bits per heavy atom. The summed E-state index contributed by atoms with van der Waals surface area (Å²) in [6, 6.07) is 0. The number of rotatable bonds is 5. The topological polar surface area (TPSA) is 57.1 Å². The van der Waals surface area contributed by atoms with Gasteiger partial charge in [-0.3, -0.25) is 10.7 Å². The molecule has 0 aromatic heterocycles. The minimum absolute atomic E-state index is 0.282. The third kappa shape index (κ3) is 3.85. The second-order valence-corrected chi connectivity index (χ2v) is 3.52. The predicted octanol–water partition coefficient (Wildman–Crippen LogP) is 1.02. The number of hydrogen-bond donors (Lipinski definition) is 3. The Kier molecular flexibility index (Phi) is 5.07. The van der Waals surface area contributed by atoms with Crippen molar-refractivity contribution in [1.82, 2.24) is 10.6 Å². The van der Waals surface area contributed by atoms with E-state index in [0.717, 1.165) is 25.0 Å². The van der Waals surface area contributed by atoms with Gasteiger partial charge in [-0.05, 0) is 26.9 Å². The van der Waals surface area contributed by atoms with Crippen LogP contribution in [-0.4, -0.2) is 33.3 Å². The summed E-state index contributed by atoms with van der Waals surface area (Å²) in [5, 5.41) is 13.7. The van der Waals surface area contributed by atoms with Crippen LogP contribution in [0.15, 0.2) is 23.3 Å². The molecular weight excluding hydrogens is 190 g/mol. The lowest BCUT2D eigenvalue weighted by atomic mass is 9.98. The normalized spacial score (nSPS) is 15.6. The van der Waals surface area contributed by atoms with Crippen LogP contribution < -0.4 is 10.6 Å². The van der Waals surface area contributed by atoms with Gasteiger partial charge in [-0.25, -0.2) is 0 Å². The lowest BCUT2D eigenvalue weighted by Crippen LogP contribution is -2.19. The van der Waals surface area contributed by atoms with Crippen molar-refractivity contribution in [2.75, 3.05) is 27.4 Å².